The molecule has 2 nitrogen and oxygen atoms in total. The lowest BCUT2D eigenvalue weighted by molar-refractivity contribution is 0.0984. The van der Waals surface area contributed by atoms with Gasteiger partial charge in [-0.1, -0.05) is 138 Å². The van der Waals surface area contributed by atoms with E-state index < -0.39 is 0 Å². The molecule has 4 saturated carbocycles. The molecule has 63 heavy (non-hydrogen) atoms. The maximum atomic E-state index is 2.76. The van der Waals surface area contributed by atoms with E-state index in [1.54, 1.807) is 5.56 Å². The molecule has 4 aliphatic carbocycles. The van der Waals surface area contributed by atoms with Crippen molar-refractivity contribution >= 4 is 78.0 Å². The van der Waals surface area contributed by atoms with Gasteiger partial charge in [0.1, 0.15) is 0 Å². The standard InChI is InChI=1S/C59H69BN2S/c1-55(2,3)39-15-21-44(22-16-39)61-48-30-42(58(10,11)12)19-25-47(48)60-52-49(61)31-43(59-33-36-13-14-37(34-59)28-38(27-36)35-59)32-50(52)62(45-23-17-40(18-24-45)56(4,5)6)53-46-29-41(57(7,8)9)20-26-51(46)63-54(53)60/h15-26,29-32,36-38H,13-14,27-28,33-35H2,1-12H3. The molecule has 324 valence electrons. The van der Waals surface area contributed by atoms with Crippen molar-refractivity contribution in [3.8, 4) is 0 Å². The Morgan fingerprint density at radius 2 is 0.984 bits per heavy atom. The van der Waals surface area contributed by atoms with E-state index in [9.17, 15) is 0 Å². The number of rotatable bonds is 3. The zero-order chi connectivity index (χ0) is 44.2. The summed E-state index contributed by atoms with van der Waals surface area (Å²) in [6, 6.07) is 39.7. The third-order valence-corrected chi connectivity index (χ3v) is 17.6. The summed E-state index contributed by atoms with van der Waals surface area (Å²) < 4.78 is 2.85. The van der Waals surface area contributed by atoms with Crippen molar-refractivity contribution in [2.24, 2.45) is 17.8 Å². The molecule has 0 radical (unpaired) electrons. The number of nitrogens with zero attached hydrogens (tertiary/aromatic N) is 2. The minimum absolute atomic E-state index is 0.0102. The second-order valence-electron chi connectivity index (χ2n) is 25.0. The molecule has 5 aromatic carbocycles. The number of benzene rings is 5. The first kappa shape index (κ1) is 41.4. The molecule has 1 aromatic heterocycles. The van der Waals surface area contributed by atoms with Gasteiger partial charge >= 0.3 is 0 Å². The monoisotopic (exact) mass is 849 g/mol. The van der Waals surface area contributed by atoms with E-state index in [4.69, 9.17) is 0 Å². The number of anilines is 6. The van der Waals surface area contributed by atoms with Crippen molar-refractivity contribution in [2.45, 2.75) is 155 Å². The normalized spacial score (nSPS) is 22.9. The lowest BCUT2D eigenvalue weighted by atomic mass is 9.36. The van der Waals surface area contributed by atoms with Crippen LogP contribution in [0.5, 0.6) is 0 Å². The van der Waals surface area contributed by atoms with E-state index >= 15 is 0 Å². The van der Waals surface area contributed by atoms with Crippen molar-refractivity contribution in [3.05, 3.63) is 125 Å². The molecule has 2 aliphatic heterocycles. The first-order valence-electron chi connectivity index (χ1n) is 24.4. The first-order chi connectivity index (χ1) is 29.7. The van der Waals surface area contributed by atoms with Gasteiger partial charge in [0.15, 0.2) is 0 Å². The molecule has 2 unspecified atom stereocenters. The van der Waals surface area contributed by atoms with E-state index in [0.29, 0.717) is 0 Å². The highest BCUT2D eigenvalue weighted by Gasteiger charge is 2.52. The first-order valence-corrected chi connectivity index (χ1v) is 25.2. The van der Waals surface area contributed by atoms with Crippen LogP contribution in [0.2, 0.25) is 0 Å². The van der Waals surface area contributed by atoms with Crippen LogP contribution in [0.25, 0.3) is 10.1 Å². The Bertz CT molecular complexity index is 2760. The second-order valence-corrected chi connectivity index (χ2v) is 26.0. The van der Waals surface area contributed by atoms with Crippen molar-refractivity contribution in [3.63, 3.8) is 0 Å². The summed E-state index contributed by atoms with van der Waals surface area (Å²) in [6.45, 7) is 28.4. The van der Waals surface area contributed by atoms with Crippen LogP contribution in [-0.4, -0.2) is 6.71 Å². The predicted molar refractivity (Wildman–Crippen MR) is 275 cm³/mol. The number of hydrogen-bond acceptors (Lipinski definition) is 3. The average Bonchev–Trinajstić information content (AvgIpc) is 3.46. The van der Waals surface area contributed by atoms with Gasteiger partial charge in [-0.05, 0) is 170 Å². The molecule has 6 aromatic rings. The van der Waals surface area contributed by atoms with Crippen LogP contribution in [0, 0.1) is 17.8 Å². The Morgan fingerprint density at radius 3 is 1.54 bits per heavy atom. The van der Waals surface area contributed by atoms with Crippen LogP contribution >= 0.6 is 11.3 Å². The van der Waals surface area contributed by atoms with Crippen LogP contribution in [0.15, 0.2) is 97.1 Å². The average molecular weight is 849 g/mol. The van der Waals surface area contributed by atoms with Gasteiger partial charge in [0, 0.05) is 43.3 Å². The molecule has 4 heteroatoms. The van der Waals surface area contributed by atoms with E-state index in [2.05, 4.69) is 190 Å². The summed E-state index contributed by atoms with van der Waals surface area (Å²) in [6.07, 6.45) is 9.76. The molecule has 6 aliphatic rings. The number of fused-ring (bicyclic) bond motifs is 7. The maximum Gasteiger partial charge on any atom is 0.264 e. The van der Waals surface area contributed by atoms with Crippen LogP contribution in [0.4, 0.5) is 34.1 Å². The van der Waals surface area contributed by atoms with Crippen molar-refractivity contribution in [1.29, 1.82) is 0 Å². The zero-order valence-electron chi connectivity index (χ0n) is 40.3. The molecule has 0 spiro atoms. The molecule has 4 bridgehead atoms. The Morgan fingerprint density at radius 1 is 0.508 bits per heavy atom. The molecule has 4 fully saturated rings. The van der Waals surface area contributed by atoms with Gasteiger partial charge in [-0.3, -0.25) is 0 Å². The summed E-state index contributed by atoms with van der Waals surface area (Å²) in [5.41, 5.74) is 18.5. The maximum absolute atomic E-state index is 2.76. The highest BCUT2D eigenvalue weighted by atomic mass is 32.1. The predicted octanol–water partition coefficient (Wildman–Crippen LogP) is 15.0. The highest BCUT2D eigenvalue weighted by Crippen LogP contribution is 2.60. The van der Waals surface area contributed by atoms with Gasteiger partial charge in [-0.25, -0.2) is 0 Å². The van der Waals surface area contributed by atoms with E-state index in [1.807, 2.05) is 11.3 Å². The van der Waals surface area contributed by atoms with Crippen molar-refractivity contribution < 1.29 is 0 Å². The number of thiophene rings is 1. The van der Waals surface area contributed by atoms with E-state index in [1.165, 1.54) is 127 Å². The topological polar surface area (TPSA) is 6.48 Å². The molecular formula is C59H69BN2S. The zero-order valence-corrected chi connectivity index (χ0v) is 41.1. The summed E-state index contributed by atoms with van der Waals surface area (Å²) in [7, 11) is 0. The van der Waals surface area contributed by atoms with Gasteiger partial charge in [0.25, 0.3) is 6.71 Å². The summed E-state index contributed by atoms with van der Waals surface area (Å²) in [4.78, 5) is 5.46. The summed E-state index contributed by atoms with van der Waals surface area (Å²) in [5.74, 6) is 2.54. The molecule has 0 amide bonds. The molecule has 0 N–H and O–H groups in total. The fourth-order valence-electron chi connectivity index (χ4n) is 13.0. The third-order valence-electron chi connectivity index (χ3n) is 16.3. The van der Waals surface area contributed by atoms with Crippen molar-refractivity contribution in [1.82, 2.24) is 0 Å². The second kappa shape index (κ2) is 13.9. The van der Waals surface area contributed by atoms with Gasteiger partial charge in [-0.2, -0.15) is 0 Å². The molecule has 0 saturated heterocycles. The molecule has 2 atom stereocenters. The van der Waals surface area contributed by atoms with Crippen LogP contribution in [0.3, 0.4) is 0 Å². The smallest absolute Gasteiger partial charge is 0.264 e. The fourth-order valence-corrected chi connectivity index (χ4v) is 14.3. The summed E-state index contributed by atoms with van der Waals surface area (Å²) >= 11 is 2.03. The highest BCUT2D eigenvalue weighted by molar-refractivity contribution is 7.33. The Balaban J connectivity index is 1.26. The molecule has 3 heterocycles. The van der Waals surface area contributed by atoms with E-state index in [0.717, 1.165) is 17.8 Å². The Hall–Kier alpha value is -4.28. The molecule has 12 rings (SSSR count). The van der Waals surface area contributed by atoms with Gasteiger partial charge < -0.3 is 9.80 Å². The third kappa shape index (κ3) is 6.69. The summed E-state index contributed by atoms with van der Waals surface area (Å²) in [5, 5.41) is 1.39. The Kier molecular flexibility index (Phi) is 9.12. The van der Waals surface area contributed by atoms with Gasteiger partial charge in [0.2, 0.25) is 0 Å². The quantitative estimate of drug-likeness (QED) is 0.163. The van der Waals surface area contributed by atoms with Crippen LogP contribution in [0.1, 0.15) is 156 Å². The molecular weight excluding hydrogens is 780 g/mol. The van der Waals surface area contributed by atoms with E-state index in [-0.39, 0.29) is 33.8 Å². The van der Waals surface area contributed by atoms with Crippen molar-refractivity contribution in [2.75, 3.05) is 9.80 Å². The Labute approximate surface area is 383 Å². The van der Waals surface area contributed by atoms with Gasteiger partial charge in [0.05, 0.1) is 5.69 Å². The SMILES string of the molecule is CC(C)(C)c1ccc(N2c3cc(C(C)(C)C)ccc3B3c4sc5ccc(C(C)(C)C)cc5c4N(c4ccc(C(C)(C)C)cc4)c4cc(C56CC7CCC(CC(C7)C5)C6)cc2c43)cc1. The lowest BCUT2D eigenvalue weighted by Crippen LogP contribution is -2.60. The largest absolute Gasteiger partial charge is 0.311 e. The van der Waals surface area contributed by atoms with Crippen LogP contribution in [-0.2, 0) is 27.1 Å². The fraction of sp³-hybridized carbons (Fsp3) is 0.458. The minimum Gasteiger partial charge on any atom is -0.311 e. The number of hydrogen-bond donors (Lipinski definition) is 0. The lowest BCUT2D eigenvalue weighted by Gasteiger charge is -2.50. The van der Waals surface area contributed by atoms with Crippen LogP contribution < -0.4 is 25.5 Å². The van der Waals surface area contributed by atoms with Gasteiger partial charge in [-0.15, -0.1) is 11.3 Å². The minimum atomic E-state index is 0.0102.